The summed E-state index contributed by atoms with van der Waals surface area (Å²) in [6, 6.07) is 13.1. The van der Waals surface area contributed by atoms with Crippen LogP contribution in [-0.4, -0.2) is 26.7 Å². The lowest BCUT2D eigenvalue weighted by atomic mass is 10.2. The minimum atomic E-state index is -0.129. The molecule has 0 heterocycles. The van der Waals surface area contributed by atoms with E-state index in [4.69, 9.17) is 9.47 Å². The topological polar surface area (TPSA) is 59.6 Å². The predicted octanol–water partition coefficient (Wildman–Crippen LogP) is 3.06. The average Bonchev–Trinajstić information content (AvgIpc) is 2.54. The second-order valence-corrected chi connectivity index (χ2v) is 4.79. The maximum Gasteiger partial charge on any atom is 0.243 e. The third-order valence-corrected chi connectivity index (χ3v) is 3.25. The summed E-state index contributed by atoms with van der Waals surface area (Å²) in [5.74, 6) is 1.07. The number of methoxy groups -OCH3 is 2. The minimum Gasteiger partial charge on any atom is -0.493 e. The van der Waals surface area contributed by atoms with Crippen LogP contribution >= 0.6 is 0 Å². The van der Waals surface area contributed by atoms with Gasteiger partial charge in [0.2, 0.25) is 5.91 Å². The van der Waals surface area contributed by atoms with E-state index >= 15 is 0 Å². The van der Waals surface area contributed by atoms with Crippen molar-refractivity contribution < 1.29 is 14.3 Å². The molecule has 5 heteroatoms. The van der Waals surface area contributed by atoms with Crippen molar-refractivity contribution in [1.29, 1.82) is 0 Å². The number of ether oxygens (including phenoxy) is 2. The highest BCUT2D eigenvalue weighted by Crippen LogP contribution is 2.29. The van der Waals surface area contributed by atoms with Gasteiger partial charge >= 0.3 is 0 Å². The van der Waals surface area contributed by atoms with E-state index in [9.17, 15) is 4.79 Å². The fourth-order valence-corrected chi connectivity index (χ4v) is 2.07. The highest BCUT2D eigenvalue weighted by atomic mass is 16.5. The number of carbonyl (C=O) groups is 1. The van der Waals surface area contributed by atoms with Crippen LogP contribution in [0.3, 0.4) is 0 Å². The van der Waals surface area contributed by atoms with Gasteiger partial charge in [-0.1, -0.05) is 18.2 Å². The molecule has 2 aromatic carbocycles. The molecule has 0 saturated heterocycles. The molecular weight excluding hydrogens is 280 g/mol. The first-order valence-corrected chi connectivity index (χ1v) is 6.95. The zero-order valence-electron chi connectivity index (χ0n) is 13.0. The lowest BCUT2D eigenvalue weighted by Crippen LogP contribution is -2.22. The molecule has 0 saturated carbocycles. The molecule has 2 N–H and O–H groups in total. The summed E-state index contributed by atoms with van der Waals surface area (Å²) in [5, 5.41) is 5.94. The standard InChI is InChI=1S/C17H20N2O3/c1-12-6-4-5-7-14(12)18-11-17(20)19-13-8-9-15(21-2)16(10-13)22-3/h4-10,18H,11H2,1-3H3,(H,19,20). The number of benzene rings is 2. The maximum absolute atomic E-state index is 12.0. The minimum absolute atomic E-state index is 0.129. The molecule has 0 spiro atoms. The van der Waals surface area contributed by atoms with Gasteiger partial charge in [0.25, 0.3) is 0 Å². The number of para-hydroxylation sites is 1. The Labute approximate surface area is 130 Å². The molecule has 0 radical (unpaired) electrons. The van der Waals surface area contributed by atoms with Crippen LogP contribution in [0.5, 0.6) is 11.5 Å². The Morgan fingerprint density at radius 3 is 2.45 bits per heavy atom. The van der Waals surface area contributed by atoms with Gasteiger partial charge in [-0.05, 0) is 30.7 Å². The Morgan fingerprint density at radius 2 is 1.77 bits per heavy atom. The van der Waals surface area contributed by atoms with Gasteiger partial charge in [-0.25, -0.2) is 0 Å². The van der Waals surface area contributed by atoms with Gasteiger partial charge in [0.05, 0.1) is 20.8 Å². The van der Waals surface area contributed by atoms with Crippen LogP contribution in [0.4, 0.5) is 11.4 Å². The van der Waals surface area contributed by atoms with E-state index in [2.05, 4.69) is 10.6 Å². The summed E-state index contributed by atoms with van der Waals surface area (Å²) < 4.78 is 10.4. The van der Waals surface area contributed by atoms with E-state index in [-0.39, 0.29) is 12.5 Å². The number of carbonyl (C=O) groups excluding carboxylic acids is 1. The summed E-state index contributed by atoms with van der Waals surface area (Å²) in [5.41, 5.74) is 2.71. The second kappa shape index (κ2) is 7.36. The fourth-order valence-electron chi connectivity index (χ4n) is 2.07. The zero-order chi connectivity index (χ0) is 15.9. The van der Waals surface area contributed by atoms with E-state index in [1.54, 1.807) is 32.4 Å². The van der Waals surface area contributed by atoms with Gasteiger partial charge in [0.1, 0.15) is 0 Å². The maximum atomic E-state index is 12.0. The first-order valence-electron chi connectivity index (χ1n) is 6.95. The van der Waals surface area contributed by atoms with Crippen molar-refractivity contribution in [2.75, 3.05) is 31.4 Å². The van der Waals surface area contributed by atoms with Gasteiger partial charge in [-0.2, -0.15) is 0 Å². The zero-order valence-corrected chi connectivity index (χ0v) is 13.0. The van der Waals surface area contributed by atoms with Crippen molar-refractivity contribution in [2.45, 2.75) is 6.92 Å². The molecule has 0 fully saturated rings. The Morgan fingerprint density at radius 1 is 1.05 bits per heavy atom. The second-order valence-electron chi connectivity index (χ2n) is 4.79. The Hall–Kier alpha value is -2.69. The molecule has 0 aliphatic carbocycles. The van der Waals surface area contributed by atoms with Crippen molar-refractivity contribution in [2.24, 2.45) is 0 Å². The third kappa shape index (κ3) is 3.91. The van der Waals surface area contributed by atoms with E-state index in [0.717, 1.165) is 11.3 Å². The van der Waals surface area contributed by atoms with Crippen LogP contribution in [0, 0.1) is 6.92 Å². The Kier molecular flexibility index (Phi) is 5.25. The van der Waals surface area contributed by atoms with Gasteiger partial charge in [-0.3, -0.25) is 4.79 Å². The number of aryl methyl sites for hydroxylation is 1. The van der Waals surface area contributed by atoms with E-state index < -0.39 is 0 Å². The summed E-state index contributed by atoms with van der Waals surface area (Å²) in [6.07, 6.45) is 0. The van der Waals surface area contributed by atoms with E-state index in [0.29, 0.717) is 17.2 Å². The molecule has 2 aromatic rings. The molecule has 22 heavy (non-hydrogen) atoms. The van der Waals surface area contributed by atoms with E-state index in [1.807, 2.05) is 31.2 Å². The summed E-state index contributed by atoms with van der Waals surface area (Å²) in [7, 11) is 3.13. The van der Waals surface area contributed by atoms with Crippen molar-refractivity contribution in [3.8, 4) is 11.5 Å². The molecule has 0 unspecified atom stereocenters. The van der Waals surface area contributed by atoms with Crippen molar-refractivity contribution in [3.63, 3.8) is 0 Å². The number of nitrogens with one attached hydrogen (secondary N) is 2. The van der Waals surface area contributed by atoms with Crippen LogP contribution in [-0.2, 0) is 4.79 Å². The van der Waals surface area contributed by atoms with Crippen LogP contribution in [0.25, 0.3) is 0 Å². The largest absolute Gasteiger partial charge is 0.493 e. The normalized spacial score (nSPS) is 9.95. The molecule has 0 atom stereocenters. The van der Waals surface area contributed by atoms with Gasteiger partial charge < -0.3 is 20.1 Å². The molecular formula is C17H20N2O3. The van der Waals surface area contributed by atoms with Gasteiger partial charge in [-0.15, -0.1) is 0 Å². The predicted molar refractivity (Wildman–Crippen MR) is 87.8 cm³/mol. The van der Waals surface area contributed by atoms with Crippen LogP contribution in [0.1, 0.15) is 5.56 Å². The third-order valence-electron chi connectivity index (χ3n) is 3.25. The number of anilines is 2. The monoisotopic (exact) mass is 300 g/mol. The smallest absolute Gasteiger partial charge is 0.243 e. The first-order chi connectivity index (χ1) is 10.6. The molecule has 0 bridgehead atoms. The van der Waals surface area contributed by atoms with Crippen LogP contribution in [0.15, 0.2) is 42.5 Å². The SMILES string of the molecule is COc1ccc(NC(=O)CNc2ccccc2C)cc1OC. The molecule has 0 aliphatic rings. The molecule has 5 nitrogen and oxygen atoms in total. The van der Waals surface area contributed by atoms with Gasteiger partial charge in [0.15, 0.2) is 11.5 Å². The lowest BCUT2D eigenvalue weighted by molar-refractivity contribution is -0.114. The van der Waals surface area contributed by atoms with Crippen molar-refractivity contribution in [1.82, 2.24) is 0 Å². The van der Waals surface area contributed by atoms with Gasteiger partial charge in [0, 0.05) is 17.4 Å². The van der Waals surface area contributed by atoms with Crippen molar-refractivity contribution >= 4 is 17.3 Å². The highest BCUT2D eigenvalue weighted by Gasteiger charge is 2.07. The number of hydrogen-bond donors (Lipinski definition) is 2. The average molecular weight is 300 g/mol. The van der Waals surface area contributed by atoms with Crippen LogP contribution in [0.2, 0.25) is 0 Å². The number of amides is 1. The number of hydrogen-bond acceptors (Lipinski definition) is 4. The molecule has 2 rings (SSSR count). The Balaban J connectivity index is 1.96. The van der Waals surface area contributed by atoms with Crippen molar-refractivity contribution in [3.05, 3.63) is 48.0 Å². The first kappa shape index (κ1) is 15.7. The van der Waals surface area contributed by atoms with Crippen LogP contribution < -0.4 is 20.1 Å². The molecule has 116 valence electrons. The highest BCUT2D eigenvalue weighted by molar-refractivity contribution is 5.94. The quantitative estimate of drug-likeness (QED) is 0.861. The Bertz CT molecular complexity index is 656. The molecule has 0 aromatic heterocycles. The summed E-state index contributed by atoms with van der Waals surface area (Å²) in [4.78, 5) is 12.0. The van der Waals surface area contributed by atoms with E-state index in [1.165, 1.54) is 0 Å². The summed E-state index contributed by atoms with van der Waals surface area (Å²) >= 11 is 0. The summed E-state index contributed by atoms with van der Waals surface area (Å²) in [6.45, 7) is 2.19. The molecule has 1 amide bonds. The number of rotatable bonds is 6. The molecule has 0 aliphatic heterocycles. The lowest BCUT2D eigenvalue weighted by Gasteiger charge is -2.12. The fraction of sp³-hybridized carbons (Fsp3) is 0.235.